The third-order valence-corrected chi connectivity index (χ3v) is 3.93. The first kappa shape index (κ1) is 13.6. The zero-order valence-corrected chi connectivity index (χ0v) is 11.9. The molecule has 0 bridgehead atoms. The average molecular weight is 246 g/mol. The molecule has 1 heterocycles. The molecule has 2 rings (SSSR count). The minimum atomic E-state index is 0.632. The quantitative estimate of drug-likeness (QED) is 0.879. The molecule has 2 heteroatoms. The lowest BCUT2D eigenvalue weighted by Crippen LogP contribution is -2.57. The Balaban J connectivity index is 1.99. The number of hydrogen-bond donors (Lipinski definition) is 1. The van der Waals surface area contributed by atoms with Crippen molar-refractivity contribution in [3.8, 4) is 0 Å². The average Bonchev–Trinajstić information content (AvgIpc) is 2.39. The first-order chi connectivity index (χ1) is 8.69. The minimum Gasteiger partial charge on any atom is -0.308 e. The number of rotatable bonds is 4. The van der Waals surface area contributed by atoms with Gasteiger partial charge in [-0.15, -0.1) is 0 Å². The van der Waals surface area contributed by atoms with Gasteiger partial charge in [0, 0.05) is 31.7 Å². The van der Waals surface area contributed by atoms with Crippen molar-refractivity contribution in [2.24, 2.45) is 5.92 Å². The molecule has 1 aromatic rings. The number of nitrogens with zero attached hydrogens (tertiary/aromatic N) is 1. The van der Waals surface area contributed by atoms with E-state index >= 15 is 0 Å². The van der Waals surface area contributed by atoms with Crippen molar-refractivity contribution in [2.45, 2.75) is 45.8 Å². The summed E-state index contributed by atoms with van der Waals surface area (Å²) in [5.41, 5.74) is 1.43. The summed E-state index contributed by atoms with van der Waals surface area (Å²) >= 11 is 0. The molecule has 0 amide bonds. The minimum absolute atomic E-state index is 0.632. The summed E-state index contributed by atoms with van der Waals surface area (Å²) in [4.78, 5) is 2.60. The second kappa shape index (κ2) is 6.35. The summed E-state index contributed by atoms with van der Waals surface area (Å²) in [5, 5.41) is 3.78. The normalized spacial score (nSPS) is 25.6. The van der Waals surface area contributed by atoms with E-state index in [0.717, 1.165) is 6.54 Å². The number of hydrogen-bond acceptors (Lipinski definition) is 2. The van der Waals surface area contributed by atoms with Gasteiger partial charge in [0.1, 0.15) is 0 Å². The van der Waals surface area contributed by atoms with Gasteiger partial charge in [-0.3, -0.25) is 4.90 Å². The van der Waals surface area contributed by atoms with Gasteiger partial charge in [-0.05, 0) is 17.9 Å². The third-order valence-electron chi connectivity index (χ3n) is 3.93. The third kappa shape index (κ3) is 3.56. The Hall–Kier alpha value is -0.860. The monoisotopic (exact) mass is 246 g/mol. The van der Waals surface area contributed by atoms with Crippen LogP contribution in [0.5, 0.6) is 0 Å². The summed E-state index contributed by atoms with van der Waals surface area (Å²) in [6.07, 6.45) is 1.22. The maximum Gasteiger partial charge on any atom is 0.0235 e. The van der Waals surface area contributed by atoms with E-state index in [9.17, 15) is 0 Å². The van der Waals surface area contributed by atoms with Crippen molar-refractivity contribution in [2.75, 3.05) is 13.1 Å². The van der Waals surface area contributed by atoms with E-state index in [0.29, 0.717) is 18.0 Å². The number of piperazine rings is 1. The topological polar surface area (TPSA) is 15.3 Å². The molecule has 100 valence electrons. The summed E-state index contributed by atoms with van der Waals surface area (Å²) in [5.74, 6) is 0.706. The molecular weight excluding hydrogens is 220 g/mol. The van der Waals surface area contributed by atoms with Crippen LogP contribution in [0.2, 0.25) is 0 Å². The van der Waals surface area contributed by atoms with Gasteiger partial charge in [0.15, 0.2) is 0 Å². The Bertz CT molecular complexity index is 347. The molecule has 2 nitrogen and oxygen atoms in total. The van der Waals surface area contributed by atoms with Crippen LogP contribution in [0.1, 0.15) is 32.8 Å². The van der Waals surface area contributed by atoms with Crippen molar-refractivity contribution < 1.29 is 0 Å². The first-order valence-electron chi connectivity index (χ1n) is 7.21. The van der Waals surface area contributed by atoms with Crippen LogP contribution in [0.3, 0.4) is 0 Å². The van der Waals surface area contributed by atoms with Crippen LogP contribution in [0.25, 0.3) is 0 Å². The van der Waals surface area contributed by atoms with E-state index in [2.05, 4.69) is 61.3 Å². The highest BCUT2D eigenvalue weighted by molar-refractivity contribution is 5.14. The zero-order valence-electron chi connectivity index (χ0n) is 11.9. The molecule has 0 aliphatic carbocycles. The molecule has 0 aromatic heterocycles. The molecular formula is C16H26N2. The predicted octanol–water partition coefficient (Wildman–Crippen LogP) is 2.90. The Morgan fingerprint density at radius 1 is 1.22 bits per heavy atom. The lowest BCUT2D eigenvalue weighted by molar-refractivity contribution is 0.130. The Kier molecular flexibility index (Phi) is 4.79. The van der Waals surface area contributed by atoms with Gasteiger partial charge in [0.05, 0.1) is 0 Å². The maximum absolute atomic E-state index is 3.78. The highest BCUT2D eigenvalue weighted by atomic mass is 15.2. The smallest absolute Gasteiger partial charge is 0.0235 e. The van der Waals surface area contributed by atoms with Crippen LogP contribution in [0, 0.1) is 5.92 Å². The van der Waals surface area contributed by atoms with Crippen molar-refractivity contribution in [1.29, 1.82) is 0 Å². The van der Waals surface area contributed by atoms with E-state index in [-0.39, 0.29) is 0 Å². The van der Waals surface area contributed by atoms with Gasteiger partial charge in [0.2, 0.25) is 0 Å². The molecule has 1 fully saturated rings. The second-order valence-corrected chi connectivity index (χ2v) is 5.80. The van der Waals surface area contributed by atoms with E-state index in [4.69, 9.17) is 0 Å². The fraction of sp³-hybridized carbons (Fsp3) is 0.625. The summed E-state index contributed by atoms with van der Waals surface area (Å²) in [6, 6.07) is 12.1. The summed E-state index contributed by atoms with van der Waals surface area (Å²) < 4.78 is 0. The first-order valence-corrected chi connectivity index (χ1v) is 7.21. The lowest BCUT2D eigenvalue weighted by atomic mass is 9.98. The van der Waals surface area contributed by atoms with Gasteiger partial charge in [0.25, 0.3) is 0 Å². The van der Waals surface area contributed by atoms with Gasteiger partial charge >= 0.3 is 0 Å². The van der Waals surface area contributed by atoms with Crippen LogP contribution in [0.4, 0.5) is 0 Å². The lowest BCUT2D eigenvalue weighted by Gasteiger charge is -2.40. The highest BCUT2D eigenvalue weighted by Gasteiger charge is 2.26. The molecule has 0 spiro atoms. The van der Waals surface area contributed by atoms with E-state index < -0.39 is 0 Å². The van der Waals surface area contributed by atoms with Crippen molar-refractivity contribution in [1.82, 2.24) is 10.2 Å². The van der Waals surface area contributed by atoms with E-state index in [1.165, 1.54) is 25.1 Å². The van der Waals surface area contributed by atoms with Crippen LogP contribution >= 0.6 is 0 Å². The summed E-state index contributed by atoms with van der Waals surface area (Å²) in [6.45, 7) is 10.3. The standard InChI is InChI=1S/C16H26N2/c1-4-15-11-18(12-16(17-15)13(2)3)10-14-8-6-5-7-9-14/h5-9,13,15-17H,4,10-12H2,1-3H3/t15-,16-/m1/s1. The van der Waals surface area contributed by atoms with Gasteiger partial charge in [-0.1, -0.05) is 51.1 Å². The number of nitrogens with one attached hydrogen (secondary N) is 1. The largest absolute Gasteiger partial charge is 0.308 e. The molecule has 2 atom stereocenters. The second-order valence-electron chi connectivity index (χ2n) is 5.80. The Morgan fingerprint density at radius 2 is 1.94 bits per heavy atom. The molecule has 0 saturated carbocycles. The van der Waals surface area contributed by atoms with Crippen LogP contribution in [-0.4, -0.2) is 30.1 Å². The van der Waals surface area contributed by atoms with Gasteiger partial charge in [-0.2, -0.15) is 0 Å². The maximum atomic E-state index is 3.78. The van der Waals surface area contributed by atoms with Crippen LogP contribution in [-0.2, 0) is 6.54 Å². The molecule has 1 saturated heterocycles. The Labute approximate surface area is 111 Å². The van der Waals surface area contributed by atoms with E-state index in [1.54, 1.807) is 0 Å². The summed E-state index contributed by atoms with van der Waals surface area (Å²) in [7, 11) is 0. The SMILES string of the molecule is CC[C@@H]1CN(Cc2ccccc2)C[C@H](C(C)C)N1. The molecule has 0 unspecified atom stereocenters. The fourth-order valence-electron chi connectivity index (χ4n) is 2.69. The highest BCUT2D eigenvalue weighted by Crippen LogP contribution is 2.15. The predicted molar refractivity (Wildman–Crippen MR) is 77.6 cm³/mol. The molecule has 1 aliphatic rings. The van der Waals surface area contributed by atoms with E-state index in [1.807, 2.05) is 0 Å². The number of benzene rings is 1. The fourth-order valence-corrected chi connectivity index (χ4v) is 2.69. The van der Waals surface area contributed by atoms with Gasteiger partial charge in [-0.25, -0.2) is 0 Å². The Morgan fingerprint density at radius 3 is 2.56 bits per heavy atom. The van der Waals surface area contributed by atoms with Gasteiger partial charge < -0.3 is 5.32 Å². The van der Waals surface area contributed by atoms with Crippen LogP contribution < -0.4 is 5.32 Å². The molecule has 18 heavy (non-hydrogen) atoms. The van der Waals surface area contributed by atoms with Crippen LogP contribution in [0.15, 0.2) is 30.3 Å². The van der Waals surface area contributed by atoms with Crippen molar-refractivity contribution in [3.05, 3.63) is 35.9 Å². The molecule has 1 aromatic carbocycles. The molecule has 1 aliphatic heterocycles. The zero-order chi connectivity index (χ0) is 13.0. The molecule has 1 N–H and O–H groups in total. The van der Waals surface area contributed by atoms with Crippen molar-refractivity contribution in [3.63, 3.8) is 0 Å². The van der Waals surface area contributed by atoms with Crippen molar-refractivity contribution >= 4 is 0 Å². The molecule has 0 radical (unpaired) electrons.